The maximum Gasteiger partial charge on any atom is 0.254 e. The van der Waals surface area contributed by atoms with E-state index in [1.807, 2.05) is 0 Å². The minimum atomic E-state index is -0.481. The van der Waals surface area contributed by atoms with Crippen LogP contribution in [0.25, 0.3) is 12.2 Å². The van der Waals surface area contributed by atoms with Gasteiger partial charge in [0.1, 0.15) is 11.9 Å². The van der Waals surface area contributed by atoms with Gasteiger partial charge in [-0.2, -0.15) is 4.37 Å². The van der Waals surface area contributed by atoms with Crippen LogP contribution >= 0.6 is 34.7 Å². The number of anilines is 1. The highest BCUT2D eigenvalue weighted by Crippen LogP contribution is 2.24. The zero-order valence-electron chi connectivity index (χ0n) is 16.3. The largest absolute Gasteiger partial charge is 0.367 e. The van der Waals surface area contributed by atoms with Crippen LogP contribution in [0.1, 0.15) is 36.0 Å². The number of carbonyl (C=O) groups is 2. The van der Waals surface area contributed by atoms with E-state index >= 15 is 0 Å². The third-order valence-corrected chi connectivity index (χ3v) is 6.54. The van der Waals surface area contributed by atoms with Crippen LogP contribution in [-0.4, -0.2) is 46.8 Å². The van der Waals surface area contributed by atoms with E-state index in [0.717, 1.165) is 30.3 Å². The number of likely N-dealkylation sites (tertiary alicyclic amines) is 1. The van der Waals surface area contributed by atoms with E-state index in [-0.39, 0.29) is 11.8 Å². The molecule has 0 spiro atoms. The van der Waals surface area contributed by atoms with Gasteiger partial charge in [-0.1, -0.05) is 35.4 Å². The molecule has 4 rings (SSSR count). The molecule has 2 amide bonds. The molecule has 1 aromatic heterocycles. The number of carbonyl (C=O) groups excluding carboxylic acids is 2. The minimum absolute atomic E-state index is 0.143. The Morgan fingerprint density at radius 1 is 1.13 bits per heavy atom. The van der Waals surface area contributed by atoms with Crippen LogP contribution in [0.15, 0.2) is 18.2 Å². The molecule has 1 atom stereocenters. The molecule has 1 aliphatic carbocycles. The number of nitrogens with zero attached hydrogens (tertiary/aromatic N) is 2. The summed E-state index contributed by atoms with van der Waals surface area (Å²) in [6, 6.07) is 4.26. The summed E-state index contributed by atoms with van der Waals surface area (Å²) in [5, 5.41) is 8.19. The first-order valence-electron chi connectivity index (χ1n) is 9.97. The summed E-state index contributed by atoms with van der Waals surface area (Å²) in [7, 11) is 0. The zero-order chi connectivity index (χ0) is 21.1. The molecule has 2 heterocycles. The summed E-state index contributed by atoms with van der Waals surface area (Å²) >= 11 is 13.5. The average molecular weight is 465 g/mol. The second-order valence-corrected chi connectivity index (χ2v) is 9.01. The zero-order valence-corrected chi connectivity index (χ0v) is 18.6. The van der Waals surface area contributed by atoms with Crippen molar-refractivity contribution in [3.8, 4) is 0 Å². The molecular formula is C21H22Cl2N4O2S. The highest BCUT2D eigenvalue weighted by molar-refractivity contribution is 7.03. The van der Waals surface area contributed by atoms with Crippen LogP contribution in [0.4, 0.5) is 5.82 Å². The van der Waals surface area contributed by atoms with Gasteiger partial charge in [0.05, 0.1) is 4.53 Å². The van der Waals surface area contributed by atoms with Crippen LogP contribution in [0.2, 0.25) is 10.0 Å². The van der Waals surface area contributed by atoms with Crippen molar-refractivity contribution in [2.45, 2.75) is 31.7 Å². The minimum Gasteiger partial charge on any atom is -0.367 e. The fourth-order valence-corrected chi connectivity index (χ4v) is 5.18. The molecule has 0 radical (unpaired) electrons. The Morgan fingerprint density at radius 2 is 1.90 bits per heavy atom. The number of hydrogen-bond acceptors (Lipinski definition) is 5. The van der Waals surface area contributed by atoms with Crippen molar-refractivity contribution in [3.05, 3.63) is 43.6 Å². The van der Waals surface area contributed by atoms with E-state index in [1.165, 1.54) is 16.1 Å². The molecule has 2 N–H and O–H groups in total. The predicted molar refractivity (Wildman–Crippen MR) is 122 cm³/mol. The van der Waals surface area contributed by atoms with Crippen LogP contribution in [-0.2, 0) is 4.79 Å². The Hall–Kier alpha value is -2.09. The van der Waals surface area contributed by atoms with Crippen LogP contribution in [0.5, 0.6) is 0 Å². The molecule has 0 bridgehead atoms. The fourth-order valence-electron chi connectivity index (χ4n) is 3.83. The van der Waals surface area contributed by atoms with Gasteiger partial charge >= 0.3 is 0 Å². The van der Waals surface area contributed by atoms with Gasteiger partial charge in [-0.25, -0.2) is 0 Å². The average Bonchev–Trinajstić information content (AvgIpc) is 3.37. The number of amides is 2. The van der Waals surface area contributed by atoms with E-state index in [2.05, 4.69) is 27.2 Å². The topological polar surface area (TPSA) is 74.3 Å². The molecule has 2 aliphatic rings. The van der Waals surface area contributed by atoms with Gasteiger partial charge in [0, 0.05) is 40.5 Å². The van der Waals surface area contributed by atoms with E-state index in [4.69, 9.17) is 23.2 Å². The van der Waals surface area contributed by atoms with E-state index in [0.29, 0.717) is 41.7 Å². The van der Waals surface area contributed by atoms with E-state index < -0.39 is 6.04 Å². The Bertz CT molecular complexity index is 1060. The molecular weight excluding hydrogens is 443 g/mol. The van der Waals surface area contributed by atoms with Crippen molar-refractivity contribution in [1.29, 1.82) is 0 Å². The number of rotatable bonds is 6. The number of fused-ring (bicyclic) bond motifs is 1. The molecule has 0 saturated carbocycles. The van der Waals surface area contributed by atoms with Crippen molar-refractivity contribution >= 4 is 64.5 Å². The highest BCUT2D eigenvalue weighted by Gasteiger charge is 2.34. The fraction of sp³-hybridized carbons (Fsp3) is 0.381. The molecule has 1 aliphatic heterocycles. The number of halogens is 2. The number of nitrogens with one attached hydrogen (secondary N) is 2. The van der Waals surface area contributed by atoms with Gasteiger partial charge in [-0.15, -0.1) is 0 Å². The summed E-state index contributed by atoms with van der Waals surface area (Å²) in [6.07, 6.45) is 7.92. The Labute approximate surface area is 188 Å². The van der Waals surface area contributed by atoms with Gasteiger partial charge in [0.15, 0.2) is 0 Å². The second kappa shape index (κ2) is 9.37. The molecule has 1 aromatic carbocycles. The molecule has 158 valence electrons. The normalized spacial score (nSPS) is 17.7. The molecule has 30 heavy (non-hydrogen) atoms. The van der Waals surface area contributed by atoms with E-state index in [1.54, 1.807) is 23.1 Å². The summed E-state index contributed by atoms with van der Waals surface area (Å²) in [5.74, 6) is 0.503. The van der Waals surface area contributed by atoms with Crippen LogP contribution in [0, 0.1) is 0 Å². The second-order valence-electron chi connectivity index (χ2n) is 7.33. The first-order valence-corrected chi connectivity index (χ1v) is 11.5. The molecule has 1 unspecified atom stereocenters. The number of hydrogen-bond donors (Lipinski definition) is 2. The first-order chi connectivity index (χ1) is 14.5. The third-order valence-electron chi connectivity index (χ3n) is 5.24. The Balaban J connectivity index is 1.33. The maximum atomic E-state index is 12.9. The van der Waals surface area contributed by atoms with Crippen molar-refractivity contribution in [2.24, 2.45) is 0 Å². The first kappa shape index (κ1) is 21.2. The van der Waals surface area contributed by atoms with Crippen LogP contribution < -0.4 is 20.4 Å². The maximum absolute atomic E-state index is 12.9. The lowest BCUT2D eigenvalue weighted by Crippen LogP contribution is -2.47. The molecule has 1 saturated heterocycles. The van der Waals surface area contributed by atoms with Gasteiger partial charge in [-0.05, 0) is 55.4 Å². The van der Waals surface area contributed by atoms with Crippen molar-refractivity contribution in [2.75, 3.05) is 25.0 Å². The van der Waals surface area contributed by atoms with Crippen LogP contribution in [0.3, 0.4) is 0 Å². The molecule has 2 aromatic rings. The number of benzene rings is 1. The summed E-state index contributed by atoms with van der Waals surface area (Å²) in [6.45, 7) is 1.56. The van der Waals surface area contributed by atoms with Gasteiger partial charge in [0.25, 0.3) is 5.91 Å². The molecule has 6 nitrogen and oxygen atoms in total. The smallest absolute Gasteiger partial charge is 0.254 e. The summed E-state index contributed by atoms with van der Waals surface area (Å²) in [5.41, 5.74) is 0.398. The van der Waals surface area contributed by atoms with Gasteiger partial charge in [-0.3, -0.25) is 9.59 Å². The van der Waals surface area contributed by atoms with Crippen molar-refractivity contribution in [3.63, 3.8) is 0 Å². The lowest BCUT2D eigenvalue weighted by Gasteiger charge is -2.24. The predicted octanol–water partition coefficient (Wildman–Crippen LogP) is 2.64. The lowest BCUT2D eigenvalue weighted by molar-refractivity contribution is -0.124. The monoisotopic (exact) mass is 464 g/mol. The van der Waals surface area contributed by atoms with Gasteiger partial charge in [0.2, 0.25) is 5.91 Å². The SMILES string of the molecule is O=C(NCCNc1nsc2c1=CCCC=2)C1CCCN1C(=O)c1cc(Cl)cc(Cl)c1. The Kier molecular flexibility index (Phi) is 6.61. The van der Waals surface area contributed by atoms with Gasteiger partial charge < -0.3 is 15.5 Å². The quantitative estimate of drug-likeness (QED) is 0.644. The standard InChI is InChI=1S/C21H22Cl2N4O2S/c22-14-10-13(11-15(23)12-14)21(29)27-9-3-5-17(27)20(28)25-8-7-24-19-16-4-1-2-6-18(16)30-26-19/h4,6,10-12,17H,1-3,5,7-9H2,(H,24,26)(H,25,28). The molecule has 1 fully saturated rings. The van der Waals surface area contributed by atoms with Crippen molar-refractivity contribution in [1.82, 2.24) is 14.6 Å². The molecule has 9 heteroatoms. The Morgan fingerprint density at radius 3 is 2.70 bits per heavy atom. The highest BCUT2D eigenvalue weighted by atomic mass is 35.5. The van der Waals surface area contributed by atoms with Crippen molar-refractivity contribution < 1.29 is 9.59 Å². The summed E-state index contributed by atoms with van der Waals surface area (Å²) < 4.78 is 5.66. The summed E-state index contributed by atoms with van der Waals surface area (Å²) in [4.78, 5) is 27.2. The third kappa shape index (κ3) is 4.63. The van der Waals surface area contributed by atoms with E-state index in [9.17, 15) is 9.59 Å². The lowest BCUT2D eigenvalue weighted by atomic mass is 10.1. The number of aromatic nitrogens is 1.